The van der Waals surface area contributed by atoms with Crippen LogP contribution in [0.5, 0.6) is 5.75 Å². The number of fused-ring (bicyclic) bond motifs is 1. The molecule has 214 valence electrons. The molecule has 0 unspecified atom stereocenters. The Balaban J connectivity index is 1.25. The summed E-state index contributed by atoms with van der Waals surface area (Å²) in [6, 6.07) is 17.6. The second-order valence-corrected chi connectivity index (χ2v) is 11.6. The summed E-state index contributed by atoms with van der Waals surface area (Å²) in [6.07, 6.45) is 4.18. The molecule has 9 nitrogen and oxygen atoms in total. The van der Waals surface area contributed by atoms with Crippen LogP contribution in [0.15, 0.2) is 59.8 Å². The Kier molecular flexibility index (Phi) is 9.58. The predicted molar refractivity (Wildman–Crippen MR) is 163 cm³/mol. The van der Waals surface area contributed by atoms with Gasteiger partial charge in [0, 0.05) is 28.4 Å². The highest BCUT2D eigenvalue weighted by molar-refractivity contribution is 7.99. The number of nitrogens with one attached hydrogen (secondary N) is 2. The number of rotatable bonds is 12. The van der Waals surface area contributed by atoms with E-state index in [1.54, 1.807) is 14.0 Å². The predicted octanol–water partition coefficient (Wildman–Crippen LogP) is 6.13. The van der Waals surface area contributed by atoms with Crippen LogP contribution >= 0.6 is 23.1 Å². The quantitative estimate of drug-likeness (QED) is 0.150. The molecule has 0 spiro atoms. The zero-order chi connectivity index (χ0) is 28.6. The number of nitrogens with zero attached hydrogens (tertiary/aromatic N) is 3. The van der Waals surface area contributed by atoms with Crippen molar-refractivity contribution < 1.29 is 19.1 Å². The SMILES string of the molecule is CCOC(=O)c1c(NC(=O)CCSc2nnc(CNc3ccc(OC)cc3)n2-c2ccccc2)sc2c1CCCC2. The van der Waals surface area contributed by atoms with E-state index >= 15 is 0 Å². The van der Waals surface area contributed by atoms with E-state index in [-0.39, 0.29) is 18.3 Å². The fourth-order valence-corrected chi connectivity index (χ4v) is 6.93. The lowest BCUT2D eigenvalue weighted by Crippen LogP contribution is -2.16. The first-order valence-electron chi connectivity index (χ1n) is 13.7. The molecule has 11 heteroatoms. The summed E-state index contributed by atoms with van der Waals surface area (Å²) in [6.45, 7) is 2.56. The summed E-state index contributed by atoms with van der Waals surface area (Å²) >= 11 is 2.97. The minimum absolute atomic E-state index is 0.145. The lowest BCUT2D eigenvalue weighted by atomic mass is 9.95. The first kappa shape index (κ1) is 28.7. The van der Waals surface area contributed by atoms with Crippen molar-refractivity contribution in [3.63, 3.8) is 0 Å². The molecule has 1 amide bonds. The number of aryl methyl sites for hydroxylation is 1. The molecular weight excluding hydrogens is 558 g/mol. The smallest absolute Gasteiger partial charge is 0.341 e. The Hall–Kier alpha value is -3.83. The van der Waals surface area contributed by atoms with Crippen LogP contribution in [-0.4, -0.2) is 46.1 Å². The maximum atomic E-state index is 13.0. The average Bonchev–Trinajstić information content (AvgIpc) is 3.57. The summed E-state index contributed by atoms with van der Waals surface area (Å²) in [5.41, 5.74) is 3.46. The van der Waals surface area contributed by atoms with Gasteiger partial charge in [-0.15, -0.1) is 21.5 Å². The van der Waals surface area contributed by atoms with Crippen LogP contribution in [0.4, 0.5) is 10.7 Å². The Morgan fingerprint density at radius 2 is 1.83 bits per heavy atom. The fraction of sp³-hybridized carbons (Fsp3) is 0.333. The Morgan fingerprint density at radius 3 is 2.59 bits per heavy atom. The number of para-hydroxylation sites is 1. The lowest BCUT2D eigenvalue weighted by Gasteiger charge is -2.12. The van der Waals surface area contributed by atoms with Gasteiger partial charge in [-0.05, 0) is 74.6 Å². The van der Waals surface area contributed by atoms with Gasteiger partial charge in [-0.2, -0.15) is 0 Å². The third-order valence-corrected chi connectivity index (χ3v) is 8.86. The summed E-state index contributed by atoms with van der Waals surface area (Å²) in [4.78, 5) is 26.9. The molecule has 1 aliphatic rings. The molecule has 0 saturated heterocycles. The number of hydrogen-bond acceptors (Lipinski definition) is 9. The zero-order valence-electron chi connectivity index (χ0n) is 23.1. The topological polar surface area (TPSA) is 107 Å². The Morgan fingerprint density at radius 1 is 1.05 bits per heavy atom. The summed E-state index contributed by atoms with van der Waals surface area (Å²) in [5.74, 6) is 1.54. The molecule has 41 heavy (non-hydrogen) atoms. The number of benzene rings is 2. The van der Waals surface area contributed by atoms with Crippen LogP contribution in [0.3, 0.4) is 0 Å². The molecule has 0 atom stereocenters. The van der Waals surface area contributed by atoms with Crippen LogP contribution < -0.4 is 15.4 Å². The largest absolute Gasteiger partial charge is 0.497 e. The monoisotopic (exact) mass is 591 g/mol. The fourth-order valence-electron chi connectivity index (χ4n) is 4.73. The second-order valence-electron chi connectivity index (χ2n) is 9.43. The highest BCUT2D eigenvalue weighted by Crippen LogP contribution is 2.38. The maximum Gasteiger partial charge on any atom is 0.341 e. The molecule has 1 aliphatic carbocycles. The number of ether oxygens (including phenoxy) is 2. The number of carbonyl (C=O) groups is 2. The van der Waals surface area contributed by atoms with Gasteiger partial charge in [-0.1, -0.05) is 30.0 Å². The van der Waals surface area contributed by atoms with Gasteiger partial charge in [0.2, 0.25) is 5.91 Å². The highest BCUT2D eigenvalue weighted by atomic mass is 32.2. The zero-order valence-corrected chi connectivity index (χ0v) is 24.8. The molecule has 2 aromatic heterocycles. The van der Waals surface area contributed by atoms with Gasteiger partial charge >= 0.3 is 5.97 Å². The van der Waals surface area contributed by atoms with Crippen molar-refractivity contribution in [3.8, 4) is 11.4 Å². The van der Waals surface area contributed by atoms with Crippen molar-refractivity contribution in [3.05, 3.63) is 76.4 Å². The molecule has 5 rings (SSSR count). The number of aromatic nitrogens is 3. The van der Waals surface area contributed by atoms with Crippen LogP contribution in [0.25, 0.3) is 5.69 Å². The number of methoxy groups -OCH3 is 1. The maximum absolute atomic E-state index is 13.0. The van der Waals surface area contributed by atoms with Gasteiger partial charge in [-0.25, -0.2) is 4.79 Å². The minimum Gasteiger partial charge on any atom is -0.497 e. The van der Waals surface area contributed by atoms with E-state index in [1.807, 2.05) is 59.2 Å². The highest BCUT2D eigenvalue weighted by Gasteiger charge is 2.27. The van der Waals surface area contributed by atoms with E-state index in [4.69, 9.17) is 9.47 Å². The molecule has 0 saturated carbocycles. The molecule has 0 aliphatic heterocycles. The molecule has 2 N–H and O–H groups in total. The molecule has 4 aromatic rings. The van der Waals surface area contributed by atoms with Gasteiger partial charge in [0.25, 0.3) is 0 Å². The van der Waals surface area contributed by atoms with Gasteiger partial charge in [0.1, 0.15) is 10.8 Å². The van der Waals surface area contributed by atoms with Gasteiger partial charge in [0.05, 0.1) is 25.8 Å². The van der Waals surface area contributed by atoms with Crippen LogP contribution in [-0.2, 0) is 28.9 Å². The summed E-state index contributed by atoms with van der Waals surface area (Å²) < 4.78 is 12.6. The number of carbonyl (C=O) groups excluding carboxylic acids is 2. The van der Waals surface area contributed by atoms with Crippen LogP contribution in [0, 0.1) is 0 Å². The Bertz CT molecular complexity index is 1480. The number of amides is 1. The first-order chi connectivity index (χ1) is 20.1. The molecule has 0 fully saturated rings. The Labute approximate surface area is 247 Å². The van der Waals surface area contributed by atoms with E-state index in [2.05, 4.69) is 20.8 Å². The van der Waals surface area contributed by atoms with Gasteiger partial charge in [-0.3, -0.25) is 9.36 Å². The third-order valence-electron chi connectivity index (χ3n) is 6.72. The van der Waals surface area contributed by atoms with E-state index < -0.39 is 0 Å². The summed E-state index contributed by atoms with van der Waals surface area (Å²) in [7, 11) is 1.64. The number of anilines is 2. The molecular formula is C30H33N5O4S2. The standard InChI is InChI=1S/C30H33N5O4S2/c1-3-39-29(37)27-23-11-7-8-12-24(23)41-28(27)32-26(36)17-18-40-30-34-33-25(35(30)21-9-5-4-6-10-21)19-31-20-13-15-22(38-2)16-14-20/h4-6,9-10,13-16,31H,3,7-8,11-12,17-19H2,1-2H3,(H,32,36). The lowest BCUT2D eigenvalue weighted by molar-refractivity contribution is -0.115. The van der Waals surface area contributed by atoms with Crippen molar-refractivity contribution in [2.75, 3.05) is 30.1 Å². The van der Waals surface area contributed by atoms with E-state index in [0.29, 0.717) is 34.6 Å². The molecule has 0 bridgehead atoms. The van der Waals surface area contributed by atoms with Crippen LogP contribution in [0.1, 0.15) is 52.8 Å². The van der Waals surface area contributed by atoms with Crippen molar-refractivity contribution in [1.29, 1.82) is 0 Å². The molecule has 2 aromatic carbocycles. The second kappa shape index (κ2) is 13.7. The van der Waals surface area contributed by atoms with Gasteiger partial charge < -0.3 is 20.1 Å². The minimum atomic E-state index is -0.358. The molecule has 0 radical (unpaired) electrons. The van der Waals surface area contributed by atoms with Gasteiger partial charge in [0.15, 0.2) is 11.0 Å². The van der Waals surface area contributed by atoms with Crippen molar-refractivity contribution in [2.24, 2.45) is 0 Å². The van der Waals surface area contributed by atoms with Crippen LogP contribution in [0.2, 0.25) is 0 Å². The number of esters is 1. The third kappa shape index (κ3) is 6.91. The van der Waals surface area contributed by atoms with E-state index in [9.17, 15) is 9.59 Å². The summed E-state index contributed by atoms with van der Waals surface area (Å²) in [5, 5.41) is 16.6. The van der Waals surface area contributed by atoms with Crippen molar-refractivity contribution >= 4 is 45.7 Å². The normalized spacial score (nSPS) is 12.4. The van der Waals surface area contributed by atoms with Crippen molar-refractivity contribution in [2.45, 2.75) is 50.7 Å². The van der Waals surface area contributed by atoms with E-state index in [1.165, 1.54) is 28.0 Å². The average molecular weight is 592 g/mol. The first-order valence-corrected chi connectivity index (χ1v) is 15.5. The number of thioether (sulfide) groups is 1. The van der Waals surface area contributed by atoms with E-state index in [0.717, 1.165) is 54.2 Å². The number of hydrogen-bond donors (Lipinski definition) is 2. The van der Waals surface area contributed by atoms with Crippen molar-refractivity contribution in [1.82, 2.24) is 14.8 Å². The number of thiophene rings is 1. The molecule has 2 heterocycles.